The number of carbonyl (C=O) groups excluding carboxylic acids is 2. The summed E-state index contributed by atoms with van der Waals surface area (Å²) in [6.07, 6.45) is 3.08. The average molecular weight is 299 g/mol. The monoisotopic (exact) mass is 298 g/mol. The predicted molar refractivity (Wildman–Crippen MR) is 78.8 cm³/mol. The topological polar surface area (TPSA) is 81.4 Å². The zero-order valence-electron chi connectivity index (χ0n) is 11.3. The summed E-state index contributed by atoms with van der Waals surface area (Å²) in [6.45, 7) is 0. The summed E-state index contributed by atoms with van der Waals surface area (Å²) >= 11 is 0. The van der Waals surface area contributed by atoms with Gasteiger partial charge in [-0.2, -0.15) is 0 Å². The van der Waals surface area contributed by atoms with Gasteiger partial charge in [0, 0.05) is 11.3 Å². The van der Waals surface area contributed by atoms with Crippen LogP contribution < -0.4 is 11.1 Å². The molecule has 0 radical (unpaired) electrons. The number of hydrogen-bond donors (Lipinski definition) is 2. The van der Waals surface area contributed by atoms with Crippen molar-refractivity contribution < 1.29 is 14.3 Å². The lowest BCUT2D eigenvalue weighted by Crippen LogP contribution is -2.53. The van der Waals surface area contributed by atoms with E-state index in [1.807, 2.05) is 0 Å². The van der Waals surface area contributed by atoms with E-state index in [1.165, 1.54) is 7.11 Å². The van der Waals surface area contributed by atoms with Gasteiger partial charge in [-0.3, -0.25) is 4.79 Å². The molecule has 1 aliphatic carbocycles. The van der Waals surface area contributed by atoms with Crippen LogP contribution in [0.1, 0.15) is 36.0 Å². The van der Waals surface area contributed by atoms with E-state index in [1.54, 1.807) is 24.3 Å². The van der Waals surface area contributed by atoms with Crippen molar-refractivity contribution in [3.8, 4) is 0 Å². The molecule has 0 aliphatic heterocycles. The number of nitrogens with one attached hydrogen (secondary N) is 1. The highest BCUT2D eigenvalue weighted by molar-refractivity contribution is 5.98. The average Bonchev–Trinajstić information content (AvgIpc) is 2.88. The first-order valence-corrected chi connectivity index (χ1v) is 6.34. The van der Waals surface area contributed by atoms with Crippen LogP contribution in [0.4, 0.5) is 5.69 Å². The Morgan fingerprint density at radius 1 is 1.20 bits per heavy atom. The van der Waals surface area contributed by atoms with Crippen LogP contribution in [0.3, 0.4) is 0 Å². The van der Waals surface area contributed by atoms with E-state index < -0.39 is 5.54 Å². The summed E-state index contributed by atoms with van der Waals surface area (Å²) in [5.41, 5.74) is 5.80. The molecule has 0 aromatic heterocycles. The first-order chi connectivity index (χ1) is 9.07. The Morgan fingerprint density at radius 3 is 2.25 bits per heavy atom. The quantitative estimate of drug-likeness (QED) is 0.660. The van der Waals surface area contributed by atoms with Crippen LogP contribution in [0.15, 0.2) is 24.3 Å². The highest BCUT2D eigenvalue weighted by atomic mass is 35.5. The number of carbonyl (C=O) groups is 2. The molecule has 1 aliphatic rings. The molecule has 2 rings (SSSR count). The molecule has 110 valence electrons. The molecule has 0 atom stereocenters. The summed E-state index contributed by atoms with van der Waals surface area (Å²) < 4.78 is 4.82. The van der Waals surface area contributed by atoms with Crippen molar-refractivity contribution in [2.24, 2.45) is 0 Å². The Bertz CT molecular complexity index is 482. The van der Waals surface area contributed by atoms with E-state index in [0.29, 0.717) is 24.1 Å². The lowest BCUT2D eigenvalue weighted by molar-refractivity contribution is -0.148. The van der Waals surface area contributed by atoms with Gasteiger partial charge >= 0.3 is 5.97 Å². The van der Waals surface area contributed by atoms with Crippen LogP contribution in [-0.4, -0.2) is 24.5 Å². The molecule has 1 aromatic carbocycles. The normalized spacial score (nSPS) is 16.1. The fourth-order valence-electron chi connectivity index (χ4n) is 2.48. The third-order valence-corrected chi connectivity index (χ3v) is 3.56. The molecule has 5 nitrogen and oxygen atoms in total. The zero-order valence-corrected chi connectivity index (χ0v) is 12.2. The molecule has 0 bridgehead atoms. The fraction of sp³-hybridized carbons (Fsp3) is 0.429. The fourth-order valence-corrected chi connectivity index (χ4v) is 2.48. The van der Waals surface area contributed by atoms with Gasteiger partial charge in [0.2, 0.25) is 0 Å². The van der Waals surface area contributed by atoms with Crippen LogP contribution in [0.2, 0.25) is 0 Å². The van der Waals surface area contributed by atoms with Gasteiger partial charge in [0.05, 0.1) is 7.11 Å². The van der Waals surface area contributed by atoms with Crippen LogP contribution in [0.25, 0.3) is 0 Å². The Kier molecular flexibility index (Phi) is 5.39. The van der Waals surface area contributed by atoms with Crippen LogP contribution in [-0.2, 0) is 9.53 Å². The highest BCUT2D eigenvalue weighted by Crippen LogP contribution is 2.31. The molecular formula is C14H19ClN2O3. The van der Waals surface area contributed by atoms with E-state index in [4.69, 9.17) is 10.5 Å². The van der Waals surface area contributed by atoms with E-state index in [9.17, 15) is 9.59 Å². The van der Waals surface area contributed by atoms with Crippen molar-refractivity contribution >= 4 is 30.0 Å². The molecule has 1 aromatic rings. The number of esters is 1. The van der Waals surface area contributed by atoms with Crippen LogP contribution in [0.5, 0.6) is 0 Å². The number of nitrogens with two attached hydrogens (primary N) is 1. The molecule has 6 heteroatoms. The number of amides is 1. The van der Waals surface area contributed by atoms with Crippen molar-refractivity contribution in [3.05, 3.63) is 29.8 Å². The molecule has 20 heavy (non-hydrogen) atoms. The Labute approximate surface area is 124 Å². The number of halogens is 1. The lowest BCUT2D eigenvalue weighted by Gasteiger charge is -2.27. The van der Waals surface area contributed by atoms with E-state index in [-0.39, 0.29) is 24.3 Å². The molecule has 0 heterocycles. The summed E-state index contributed by atoms with van der Waals surface area (Å²) in [5.74, 6) is -0.638. The second-order valence-electron chi connectivity index (χ2n) is 4.86. The van der Waals surface area contributed by atoms with Crippen molar-refractivity contribution in [1.82, 2.24) is 5.32 Å². The molecular weight excluding hydrogens is 280 g/mol. The standard InChI is InChI=1S/C14H18N2O3.ClH/c1-19-13(18)14(8-2-3-9-14)16-12(17)10-4-6-11(15)7-5-10;/h4-7H,2-3,8-9,15H2,1H3,(H,16,17);1H. The number of methoxy groups -OCH3 is 1. The van der Waals surface area contributed by atoms with Gasteiger partial charge in [0.25, 0.3) is 5.91 Å². The molecule has 1 saturated carbocycles. The maximum atomic E-state index is 12.2. The smallest absolute Gasteiger partial charge is 0.331 e. The Hall–Kier alpha value is -1.75. The van der Waals surface area contributed by atoms with Gasteiger partial charge < -0.3 is 15.8 Å². The summed E-state index contributed by atoms with van der Waals surface area (Å²) in [4.78, 5) is 24.1. The van der Waals surface area contributed by atoms with Crippen molar-refractivity contribution in [2.75, 3.05) is 12.8 Å². The summed E-state index contributed by atoms with van der Waals surface area (Å²) in [7, 11) is 1.35. The lowest BCUT2D eigenvalue weighted by atomic mass is 9.97. The van der Waals surface area contributed by atoms with Crippen LogP contribution >= 0.6 is 12.4 Å². The van der Waals surface area contributed by atoms with E-state index >= 15 is 0 Å². The first kappa shape index (κ1) is 16.3. The minimum Gasteiger partial charge on any atom is -0.467 e. The minimum absolute atomic E-state index is 0. The number of ether oxygens (including phenoxy) is 1. The Morgan fingerprint density at radius 2 is 1.75 bits per heavy atom. The minimum atomic E-state index is -0.868. The van der Waals surface area contributed by atoms with Gasteiger partial charge in [-0.05, 0) is 37.1 Å². The largest absolute Gasteiger partial charge is 0.467 e. The number of benzene rings is 1. The van der Waals surface area contributed by atoms with E-state index in [2.05, 4.69) is 5.32 Å². The highest BCUT2D eigenvalue weighted by Gasteiger charge is 2.43. The second kappa shape index (κ2) is 6.61. The molecule has 3 N–H and O–H groups in total. The van der Waals surface area contributed by atoms with Gasteiger partial charge in [0.1, 0.15) is 5.54 Å². The summed E-state index contributed by atoms with van der Waals surface area (Å²) in [5, 5.41) is 2.82. The first-order valence-electron chi connectivity index (χ1n) is 6.34. The number of rotatable bonds is 3. The molecule has 1 fully saturated rings. The Balaban J connectivity index is 0.00000200. The van der Waals surface area contributed by atoms with Gasteiger partial charge in [0.15, 0.2) is 0 Å². The van der Waals surface area contributed by atoms with Gasteiger partial charge in [-0.1, -0.05) is 12.8 Å². The number of nitrogen functional groups attached to an aromatic ring is 1. The van der Waals surface area contributed by atoms with Crippen molar-refractivity contribution in [1.29, 1.82) is 0 Å². The van der Waals surface area contributed by atoms with Crippen molar-refractivity contribution in [3.63, 3.8) is 0 Å². The number of hydrogen-bond acceptors (Lipinski definition) is 4. The van der Waals surface area contributed by atoms with Crippen LogP contribution in [0, 0.1) is 0 Å². The molecule has 0 saturated heterocycles. The number of anilines is 1. The molecule has 0 unspecified atom stereocenters. The van der Waals surface area contributed by atoms with Crippen molar-refractivity contribution in [2.45, 2.75) is 31.2 Å². The third kappa shape index (κ3) is 3.22. The zero-order chi connectivity index (χ0) is 13.9. The predicted octanol–water partition coefficient (Wildman–Crippen LogP) is 1.91. The molecule has 1 amide bonds. The third-order valence-electron chi connectivity index (χ3n) is 3.56. The summed E-state index contributed by atoms with van der Waals surface area (Å²) in [6, 6.07) is 6.61. The SMILES string of the molecule is COC(=O)C1(NC(=O)c2ccc(N)cc2)CCCC1.Cl. The molecule has 0 spiro atoms. The van der Waals surface area contributed by atoms with Gasteiger partial charge in [-0.25, -0.2) is 4.79 Å². The maximum Gasteiger partial charge on any atom is 0.331 e. The van der Waals surface area contributed by atoms with Gasteiger partial charge in [-0.15, -0.1) is 12.4 Å². The maximum absolute atomic E-state index is 12.2. The van der Waals surface area contributed by atoms with E-state index in [0.717, 1.165) is 12.8 Å². The second-order valence-corrected chi connectivity index (χ2v) is 4.86.